The van der Waals surface area contributed by atoms with Crippen LogP contribution < -0.4 is 0 Å². The van der Waals surface area contributed by atoms with E-state index in [9.17, 15) is 25.1 Å². The molecule has 0 unspecified atom stereocenters. The Bertz CT molecular complexity index is 619. The molecule has 0 aliphatic rings. The standard InChI is InChI=1S/C12H13N3O6/c1-3-21-12(18)11(7(2)16)14-13-9-6-8(15(19)20)4-5-10(9)17/h4-6,16-17H,3H2,1-2H3/b11-7-,14-13?. The van der Waals surface area contributed by atoms with Gasteiger partial charge in [-0.15, -0.1) is 10.2 Å². The van der Waals surface area contributed by atoms with Crippen LogP contribution in [0.4, 0.5) is 11.4 Å². The molecule has 0 aromatic heterocycles. The van der Waals surface area contributed by atoms with Crippen LogP contribution in [-0.2, 0) is 9.53 Å². The highest BCUT2D eigenvalue weighted by Crippen LogP contribution is 2.31. The van der Waals surface area contributed by atoms with Crippen molar-refractivity contribution in [3.63, 3.8) is 0 Å². The van der Waals surface area contributed by atoms with Crippen LogP contribution in [0.15, 0.2) is 39.9 Å². The SMILES string of the molecule is CCOC(=O)/C(N=Nc1cc([N+](=O)[O-])ccc1O)=C(\C)O. The van der Waals surface area contributed by atoms with E-state index in [0.717, 1.165) is 18.2 Å². The van der Waals surface area contributed by atoms with E-state index >= 15 is 0 Å². The number of carbonyl (C=O) groups is 1. The maximum Gasteiger partial charge on any atom is 0.362 e. The van der Waals surface area contributed by atoms with Gasteiger partial charge in [-0.3, -0.25) is 10.1 Å². The fourth-order valence-electron chi connectivity index (χ4n) is 1.27. The third-order valence-corrected chi connectivity index (χ3v) is 2.24. The van der Waals surface area contributed by atoms with Crippen LogP contribution in [0.5, 0.6) is 5.75 Å². The fourth-order valence-corrected chi connectivity index (χ4v) is 1.27. The molecule has 0 radical (unpaired) electrons. The van der Waals surface area contributed by atoms with Crippen LogP contribution in [-0.4, -0.2) is 27.7 Å². The Balaban J connectivity index is 3.13. The molecule has 1 aromatic carbocycles. The third-order valence-electron chi connectivity index (χ3n) is 2.24. The Kier molecular flexibility index (Phi) is 5.35. The first kappa shape index (κ1) is 16.1. The summed E-state index contributed by atoms with van der Waals surface area (Å²) in [5.74, 6) is -1.68. The molecule has 0 atom stereocenters. The number of non-ortho nitro benzene ring substituents is 1. The number of carbonyl (C=O) groups excluding carboxylic acids is 1. The van der Waals surface area contributed by atoms with Crippen molar-refractivity contribution < 1.29 is 24.7 Å². The summed E-state index contributed by atoms with van der Waals surface area (Å²) in [7, 11) is 0. The normalized spacial score (nSPS) is 12.1. The Morgan fingerprint density at radius 1 is 1.48 bits per heavy atom. The number of nitrogens with zero attached hydrogens (tertiary/aromatic N) is 3. The molecule has 21 heavy (non-hydrogen) atoms. The van der Waals surface area contributed by atoms with Crippen molar-refractivity contribution in [3.05, 3.63) is 39.8 Å². The Hall–Kier alpha value is -2.97. The van der Waals surface area contributed by atoms with Gasteiger partial charge < -0.3 is 14.9 Å². The molecule has 0 spiro atoms. The number of phenols is 1. The van der Waals surface area contributed by atoms with Gasteiger partial charge in [-0.2, -0.15) is 0 Å². The maximum atomic E-state index is 11.5. The number of ether oxygens (including phenoxy) is 1. The zero-order chi connectivity index (χ0) is 16.0. The second kappa shape index (κ2) is 6.98. The second-order valence-electron chi connectivity index (χ2n) is 3.78. The number of aliphatic hydroxyl groups excluding tert-OH is 1. The predicted molar refractivity (Wildman–Crippen MR) is 71.2 cm³/mol. The minimum absolute atomic E-state index is 0.0766. The lowest BCUT2D eigenvalue weighted by Crippen LogP contribution is -2.07. The van der Waals surface area contributed by atoms with Crippen molar-refractivity contribution in [1.82, 2.24) is 0 Å². The Labute approximate surface area is 119 Å². The average molecular weight is 295 g/mol. The van der Waals surface area contributed by atoms with Crippen molar-refractivity contribution >= 4 is 17.3 Å². The lowest BCUT2D eigenvalue weighted by molar-refractivity contribution is -0.384. The van der Waals surface area contributed by atoms with Gasteiger partial charge in [0, 0.05) is 12.1 Å². The molecule has 0 amide bonds. The van der Waals surface area contributed by atoms with Gasteiger partial charge in [0.05, 0.1) is 11.5 Å². The van der Waals surface area contributed by atoms with E-state index < -0.39 is 22.3 Å². The first-order chi connectivity index (χ1) is 9.86. The minimum Gasteiger partial charge on any atom is -0.510 e. The average Bonchev–Trinajstić information content (AvgIpc) is 2.40. The molecule has 0 bridgehead atoms. The maximum absolute atomic E-state index is 11.5. The number of aliphatic hydroxyl groups is 1. The van der Waals surface area contributed by atoms with E-state index in [1.165, 1.54) is 6.92 Å². The van der Waals surface area contributed by atoms with Gasteiger partial charge in [0.2, 0.25) is 5.70 Å². The smallest absolute Gasteiger partial charge is 0.362 e. The van der Waals surface area contributed by atoms with Crippen molar-refractivity contribution in [2.24, 2.45) is 10.2 Å². The molecule has 9 heteroatoms. The zero-order valence-corrected chi connectivity index (χ0v) is 11.3. The van der Waals surface area contributed by atoms with Gasteiger partial charge in [-0.25, -0.2) is 4.79 Å². The molecule has 0 fully saturated rings. The zero-order valence-electron chi connectivity index (χ0n) is 11.3. The van der Waals surface area contributed by atoms with Gasteiger partial charge in [0.25, 0.3) is 5.69 Å². The van der Waals surface area contributed by atoms with E-state index in [2.05, 4.69) is 15.0 Å². The number of rotatable bonds is 5. The molecule has 0 aliphatic carbocycles. The number of benzene rings is 1. The molecule has 1 aromatic rings. The molecule has 1 rings (SSSR count). The van der Waals surface area contributed by atoms with E-state index in [0.29, 0.717) is 0 Å². The molecular formula is C12H13N3O6. The first-order valence-electron chi connectivity index (χ1n) is 5.83. The van der Waals surface area contributed by atoms with E-state index in [4.69, 9.17) is 0 Å². The number of aromatic hydroxyl groups is 1. The van der Waals surface area contributed by atoms with Crippen LogP contribution in [0.2, 0.25) is 0 Å². The van der Waals surface area contributed by atoms with Gasteiger partial charge in [-0.1, -0.05) is 0 Å². The molecular weight excluding hydrogens is 282 g/mol. The number of esters is 1. The van der Waals surface area contributed by atoms with Gasteiger partial charge >= 0.3 is 5.97 Å². The summed E-state index contributed by atoms with van der Waals surface area (Å²) in [5.41, 5.74) is -0.973. The van der Waals surface area contributed by atoms with Crippen LogP contribution in [0.1, 0.15) is 13.8 Å². The molecule has 0 aliphatic heterocycles. The number of phenolic OH excluding ortho intramolecular Hbond substituents is 1. The highest BCUT2D eigenvalue weighted by atomic mass is 16.6. The highest BCUT2D eigenvalue weighted by molar-refractivity contribution is 5.88. The number of nitro groups is 1. The van der Waals surface area contributed by atoms with E-state index in [-0.39, 0.29) is 23.7 Å². The van der Waals surface area contributed by atoms with Crippen molar-refractivity contribution in [1.29, 1.82) is 0 Å². The van der Waals surface area contributed by atoms with E-state index in [1.807, 2.05) is 0 Å². The number of nitro benzene ring substituents is 1. The van der Waals surface area contributed by atoms with E-state index in [1.54, 1.807) is 6.92 Å². The number of hydrogen-bond donors (Lipinski definition) is 2. The molecule has 9 nitrogen and oxygen atoms in total. The topological polar surface area (TPSA) is 135 Å². The van der Waals surface area contributed by atoms with Crippen LogP contribution in [0, 0.1) is 10.1 Å². The molecule has 112 valence electrons. The summed E-state index contributed by atoms with van der Waals surface area (Å²) in [6.07, 6.45) is 0. The highest BCUT2D eigenvalue weighted by Gasteiger charge is 2.15. The summed E-state index contributed by atoms with van der Waals surface area (Å²) >= 11 is 0. The third kappa shape index (κ3) is 4.27. The summed E-state index contributed by atoms with van der Waals surface area (Å²) in [6.45, 7) is 2.86. The molecule has 2 N–H and O–H groups in total. The van der Waals surface area contributed by atoms with Crippen LogP contribution in [0.25, 0.3) is 0 Å². The number of hydrogen-bond acceptors (Lipinski definition) is 8. The fraction of sp³-hybridized carbons (Fsp3) is 0.250. The first-order valence-corrected chi connectivity index (χ1v) is 5.83. The lowest BCUT2D eigenvalue weighted by Gasteiger charge is -2.02. The van der Waals surface area contributed by atoms with Gasteiger partial charge in [0.1, 0.15) is 17.2 Å². The molecule has 0 heterocycles. The minimum atomic E-state index is -0.897. The largest absolute Gasteiger partial charge is 0.510 e. The number of azo groups is 1. The van der Waals surface area contributed by atoms with Crippen molar-refractivity contribution in [2.45, 2.75) is 13.8 Å². The van der Waals surface area contributed by atoms with Crippen LogP contribution in [0.3, 0.4) is 0 Å². The Morgan fingerprint density at radius 3 is 2.67 bits per heavy atom. The quantitative estimate of drug-likeness (QED) is 0.214. The van der Waals surface area contributed by atoms with Gasteiger partial charge in [-0.05, 0) is 19.9 Å². The summed E-state index contributed by atoms with van der Waals surface area (Å²) in [5, 5.41) is 36.5. The summed E-state index contributed by atoms with van der Waals surface area (Å²) in [6, 6.07) is 3.15. The summed E-state index contributed by atoms with van der Waals surface area (Å²) < 4.78 is 4.66. The Morgan fingerprint density at radius 2 is 2.14 bits per heavy atom. The monoisotopic (exact) mass is 295 g/mol. The lowest BCUT2D eigenvalue weighted by atomic mass is 10.2. The van der Waals surface area contributed by atoms with Crippen LogP contribution >= 0.6 is 0 Å². The van der Waals surface area contributed by atoms with Crippen molar-refractivity contribution in [2.75, 3.05) is 6.61 Å². The predicted octanol–water partition coefficient (Wildman–Crippen LogP) is 2.74. The number of allylic oxidation sites excluding steroid dienone is 1. The second-order valence-corrected chi connectivity index (χ2v) is 3.78. The molecule has 0 saturated carbocycles. The van der Waals surface area contributed by atoms with Crippen molar-refractivity contribution in [3.8, 4) is 5.75 Å². The summed E-state index contributed by atoms with van der Waals surface area (Å²) in [4.78, 5) is 21.5. The molecule has 0 saturated heterocycles. The van der Waals surface area contributed by atoms with Gasteiger partial charge in [0.15, 0.2) is 0 Å².